The first-order valence-corrected chi connectivity index (χ1v) is 7.13. The molecule has 1 heterocycles. The number of hydrogen-bond acceptors (Lipinski definition) is 6. The molecule has 0 radical (unpaired) electrons. The van der Waals surface area contributed by atoms with E-state index in [0.717, 1.165) is 10.9 Å². The minimum Gasteiger partial charge on any atom is -0.478 e. The van der Waals surface area contributed by atoms with Gasteiger partial charge in [-0.25, -0.2) is 17.9 Å². The molecule has 9 nitrogen and oxygen atoms in total. The Labute approximate surface area is 120 Å². The molecule has 0 fully saturated rings. The van der Waals surface area contributed by atoms with Gasteiger partial charge in [0.15, 0.2) is 0 Å². The Morgan fingerprint density at radius 3 is 2.52 bits per heavy atom. The van der Waals surface area contributed by atoms with Crippen LogP contribution >= 0.6 is 0 Å². The molecule has 0 bridgehead atoms. The minimum atomic E-state index is -3.82. The van der Waals surface area contributed by atoms with E-state index in [1.165, 1.54) is 37.4 Å². The zero-order chi connectivity index (χ0) is 15.5. The molecule has 0 saturated carbocycles. The van der Waals surface area contributed by atoms with Gasteiger partial charge in [-0.1, -0.05) is 17.2 Å². The molecule has 0 unspecified atom stereocenters. The van der Waals surface area contributed by atoms with Gasteiger partial charge in [-0.3, -0.25) is 0 Å². The fraction of sp³-hybridized carbons (Fsp3) is 0.0909. The zero-order valence-corrected chi connectivity index (χ0v) is 11.6. The third-order valence-corrected chi connectivity index (χ3v) is 3.69. The van der Waals surface area contributed by atoms with Crippen LogP contribution in [0.1, 0.15) is 5.56 Å². The zero-order valence-electron chi connectivity index (χ0n) is 10.8. The quantitative estimate of drug-likeness (QED) is 0.750. The summed E-state index contributed by atoms with van der Waals surface area (Å²) in [4.78, 5) is 11.5. The predicted molar refractivity (Wildman–Crippen MR) is 72.7 cm³/mol. The molecule has 110 valence electrons. The van der Waals surface area contributed by atoms with Crippen molar-refractivity contribution in [2.75, 3.05) is 4.72 Å². The molecule has 0 aliphatic heterocycles. The summed E-state index contributed by atoms with van der Waals surface area (Å²) in [5.74, 6) is -1.21. The molecule has 10 heteroatoms. The van der Waals surface area contributed by atoms with Crippen LogP contribution in [0.25, 0.3) is 6.08 Å². The largest absolute Gasteiger partial charge is 0.478 e. The van der Waals surface area contributed by atoms with E-state index < -0.39 is 16.0 Å². The van der Waals surface area contributed by atoms with Gasteiger partial charge in [0.05, 0.1) is 11.9 Å². The second kappa shape index (κ2) is 5.71. The predicted octanol–water partition coefficient (Wildman–Crippen LogP) is 0.109. The van der Waals surface area contributed by atoms with Crippen molar-refractivity contribution >= 4 is 28.0 Å². The highest BCUT2D eigenvalue weighted by molar-refractivity contribution is 7.92. The fourth-order valence-corrected chi connectivity index (χ4v) is 2.36. The van der Waals surface area contributed by atoms with E-state index in [2.05, 4.69) is 20.1 Å². The summed E-state index contributed by atoms with van der Waals surface area (Å²) in [7, 11) is -2.31. The second-order valence-corrected chi connectivity index (χ2v) is 5.63. The number of benzene rings is 1. The SMILES string of the molecule is Cn1nnc(NS(=O)(=O)c2ccc(/C=C/C(=O)O)cc2)n1. The Kier molecular flexibility index (Phi) is 3.98. The standard InChI is InChI=1S/C11H11N5O4S/c1-16-13-11(12-15-16)14-21(19,20)9-5-2-8(3-6-9)4-7-10(17)18/h2-7H,1H3,(H,13,14)(H,17,18)/b7-4+. The minimum absolute atomic E-state index is 0.00225. The summed E-state index contributed by atoms with van der Waals surface area (Å²) in [5.41, 5.74) is 0.564. The first kappa shape index (κ1) is 14.7. The van der Waals surface area contributed by atoms with Crippen molar-refractivity contribution in [1.29, 1.82) is 0 Å². The van der Waals surface area contributed by atoms with E-state index in [1.54, 1.807) is 0 Å². The number of nitrogens with zero attached hydrogens (tertiary/aromatic N) is 4. The Balaban J connectivity index is 2.19. The first-order chi connectivity index (χ1) is 9.87. The number of anilines is 1. The van der Waals surface area contributed by atoms with Crippen LogP contribution < -0.4 is 4.72 Å². The average molecular weight is 309 g/mol. The Morgan fingerprint density at radius 1 is 1.33 bits per heavy atom. The summed E-state index contributed by atoms with van der Waals surface area (Å²) in [5, 5.41) is 19.3. The molecule has 0 amide bonds. The van der Waals surface area contributed by atoms with Gasteiger partial charge in [-0.2, -0.15) is 4.80 Å². The van der Waals surface area contributed by atoms with Crippen LogP contribution in [-0.2, 0) is 21.9 Å². The highest BCUT2D eigenvalue weighted by Gasteiger charge is 2.16. The van der Waals surface area contributed by atoms with Gasteiger partial charge in [0.25, 0.3) is 16.0 Å². The summed E-state index contributed by atoms with van der Waals surface area (Å²) in [6, 6.07) is 5.66. The molecule has 1 aromatic heterocycles. The molecular formula is C11H11N5O4S. The molecule has 2 N–H and O–H groups in total. The molecule has 1 aromatic carbocycles. The number of carboxylic acids is 1. The third kappa shape index (κ3) is 3.86. The van der Waals surface area contributed by atoms with Crippen LogP contribution in [0.15, 0.2) is 35.2 Å². The fourth-order valence-electron chi connectivity index (χ4n) is 1.43. The van der Waals surface area contributed by atoms with E-state index >= 15 is 0 Å². The molecule has 0 saturated heterocycles. The highest BCUT2D eigenvalue weighted by Crippen LogP contribution is 2.14. The van der Waals surface area contributed by atoms with Crippen LogP contribution in [0.3, 0.4) is 0 Å². The van der Waals surface area contributed by atoms with Crippen molar-refractivity contribution in [3.05, 3.63) is 35.9 Å². The number of aryl methyl sites for hydroxylation is 1. The topological polar surface area (TPSA) is 127 Å². The Bertz CT molecular complexity index is 779. The maximum atomic E-state index is 12.0. The number of sulfonamides is 1. The number of nitrogens with one attached hydrogen (secondary N) is 1. The van der Waals surface area contributed by atoms with Crippen molar-refractivity contribution in [2.24, 2.45) is 7.05 Å². The van der Waals surface area contributed by atoms with Gasteiger partial charge in [0, 0.05) is 6.08 Å². The normalized spacial score (nSPS) is 11.7. The van der Waals surface area contributed by atoms with Gasteiger partial charge < -0.3 is 5.11 Å². The Hall–Kier alpha value is -2.75. The Morgan fingerprint density at radius 2 is 2.00 bits per heavy atom. The number of tetrazole rings is 1. The maximum Gasteiger partial charge on any atom is 0.328 e. The van der Waals surface area contributed by atoms with Gasteiger partial charge in [0.2, 0.25) is 0 Å². The lowest BCUT2D eigenvalue weighted by Gasteiger charge is -2.04. The third-order valence-electron chi connectivity index (χ3n) is 2.34. The lowest BCUT2D eigenvalue weighted by molar-refractivity contribution is -0.131. The van der Waals surface area contributed by atoms with Gasteiger partial charge in [0.1, 0.15) is 0 Å². The van der Waals surface area contributed by atoms with E-state index in [9.17, 15) is 13.2 Å². The van der Waals surface area contributed by atoms with E-state index in [1.807, 2.05) is 0 Å². The smallest absolute Gasteiger partial charge is 0.328 e. The van der Waals surface area contributed by atoms with Crippen molar-refractivity contribution in [1.82, 2.24) is 20.2 Å². The number of carbonyl (C=O) groups is 1. The average Bonchev–Trinajstić information content (AvgIpc) is 2.81. The van der Waals surface area contributed by atoms with Crippen LogP contribution in [-0.4, -0.2) is 39.7 Å². The van der Waals surface area contributed by atoms with Crippen molar-refractivity contribution in [3.63, 3.8) is 0 Å². The van der Waals surface area contributed by atoms with Crippen molar-refractivity contribution < 1.29 is 18.3 Å². The second-order valence-electron chi connectivity index (χ2n) is 3.95. The van der Waals surface area contributed by atoms with Crippen molar-refractivity contribution in [3.8, 4) is 0 Å². The van der Waals surface area contributed by atoms with Crippen LogP contribution in [0.2, 0.25) is 0 Å². The molecular weight excluding hydrogens is 298 g/mol. The molecule has 2 rings (SSSR count). The molecule has 21 heavy (non-hydrogen) atoms. The summed E-state index contributed by atoms with van der Waals surface area (Å²) >= 11 is 0. The first-order valence-electron chi connectivity index (χ1n) is 5.65. The van der Waals surface area contributed by atoms with E-state index in [-0.39, 0.29) is 10.8 Å². The number of aliphatic carboxylic acids is 1. The summed E-state index contributed by atoms with van der Waals surface area (Å²) in [6.45, 7) is 0. The van der Waals surface area contributed by atoms with Crippen LogP contribution in [0, 0.1) is 0 Å². The lowest BCUT2D eigenvalue weighted by Crippen LogP contribution is -2.14. The van der Waals surface area contributed by atoms with Crippen molar-refractivity contribution in [2.45, 2.75) is 4.90 Å². The van der Waals surface area contributed by atoms with Gasteiger partial charge in [-0.05, 0) is 29.0 Å². The molecule has 0 atom stereocenters. The van der Waals surface area contributed by atoms with Gasteiger partial charge >= 0.3 is 5.97 Å². The van der Waals surface area contributed by atoms with E-state index in [0.29, 0.717) is 5.56 Å². The maximum absolute atomic E-state index is 12.0. The lowest BCUT2D eigenvalue weighted by atomic mass is 10.2. The van der Waals surface area contributed by atoms with Crippen LogP contribution in [0.5, 0.6) is 0 Å². The van der Waals surface area contributed by atoms with Gasteiger partial charge in [-0.15, -0.1) is 5.10 Å². The number of rotatable bonds is 5. The highest BCUT2D eigenvalue weighted by atomic mass is 32.2. The van der Waals surface area contributed by atoms with E-state index in [4.69, 9.17) is 5.11 Å². The summed E-state index contributed by atoms with van der Waals surface area (Å²) in [6.07, 6.45) is 2.32. The monoisotopic (exact) mass is 309 g/mol. The molecule has 0 aliphatic carbocycles. The summed E-state index contributed by atoms with van der Waals surface area (Å²) < 4.78 is 26.3. The number of carboxylic acid groups (broad SMARTS) is 1. The number of aromatic nitrogens is 4. The molecule has 0 spiro atoms. The number of hydrogen-bond donors (Lipinski definition) is 2. The van der Waals surface area contributed by atoms with Crippen LogP contribution in [0.4, 0.5) is 5.95 Å². The molecule has 0 aliphatic rings. The molecule has 2 aromatic rings.